The van der Waals surface area contributed by atoms with Crippen LogP contribution in [0.4, 0.5) is 0 Å². The summed E-state index contributed by atoms with van der Waals surface area (Å²) in [7, 11) is 0. The van der Waals surface area contributed by atoms with Crippen LogP contribution in [0.5, 0.6) is 5.75 Å². The summed E-state index contributed by atoms with van der Waals surface area (Å²) in [5.74, 6) is 0.621. The largest absolute Gasteiger partial charge is 0.484 e. The molecule has 0 N–H and O–H groups in total. The third-order valence-electron chi connectivity index (χ3n) is 3.55. The van der Waals surface area contributed by atoms with Crippen molar-refractivity contribution in [1.82, 2.24) is 20.2 Å². The summed E-state index contributed by atoms with van der Waals surface area (Å²) < 4.78 is 12.1. The third-order valence-corrected chi connectivity index (χ3v) is 4.15. The fourth-order valence-corrected chi connectivity index (χ4v) is 2.58. The number of nitrogens with zero attached hydrogens (tertiary/aromatic N) is 4. The summed E-state index contributed by atoms with van der Waals surface area (Å²) in [4.78, 5) is 12.3. The van der Waals surface area contributed by atoms with Crippen LogP contribution in [-0.2, 0) is 12.1 Å². The molecule has 0 fully saturated rings. The molecule has 2 aromatic heterocycles. The highest BCUT2D eigenvalue weighted by atomic mass is 35.5. The molecule has 0 atom stereocenters. The van der Waals surface area contributed by atoms with Crippen molar-refractivity contribution >= 4 is 23.2 Å². The fourth-order valence-electron chi connectivity index (χ4n) is 2.27. The lowest BCUT2D eigenvalue weighted by atomic mass is 10.1. The summed E-state index contributed by atoms with van der Waals surface area (Å²) in [6, 6.07) is 7.04. The number of aromatic nitrogens is 4. The van der Waals surface area contributed by atoms with E-state index in [2.05, 4.69) is 15.5 Å². The molecule has 2 heterocycles. The molecule has 0 aliphatic heterocycles. The van der Waals surface area contributed by atoms with Gasteiger partial charge < -0.3 is 9.26 Å². The van der Waals surface area contributed by atoms with Gasteiger partial charge in [0.25, 0.3) is 5.56 Å². The van der Waals surface area contributed by atoms with Gasteiger partial charge in [0.2, 0.25) is 0 Å². The summed E-state index contributed by atoms with van der Waals surface area (Å²) in [6.07, 6.45) is 1.41. The molecule has 3 aromatic rings. The van der Waals surface area contributed by atoms with Crippen LogP contribution < -0.4 is 10.3 Å². The first-order chi connectivity index (χ1) is 12.3. The molecule has 1 aromatic carbocycles. The molecule has 0 aliphatic rings. The second-order valence-electron chi connectivity index (χ2n) is 6.55. The second-order valence-corrected chi connectivity index (χ2v) is 7.37. The van der Waals surface area contributed by atoms with E-state index in [4.69, 9.17) is 32.5 Å². The monoisotopic (exact) mass is 394 g/mol. The lowest BCUT2D eigenvalue weighted by Crippen LogP contribution is -2.36. The Morgan fingerprint density at radius 3 is 2.54 bits per heavy atom. The molecule has 7 nitrogen and oxygen atoms in total. The van der Waals surface area contributed by atoms with Crippen LogP contribution in [0.2, 0.25) is 10.0 Å². The first-order valence-electron chi connectivity index (χ1n) is 7.75. The van der Waals surface area contributed by atoms with E-state index in [0.717, 1.165) is 5.56 Å². The number of rotatable bonds is 4. The normalized spacial score (nSPS) is 11.6. The summed E-state index contributed by atoms with van der Waals surface area (Å²) in [5, 5.41) is 12.2. The molecule has 136 valence electrons. The highest BCUT2D eigenvalue weighted by molar-refractivity contribution is 6.31. The maximum atomic E-state index is 12.3. The highest BCUT2D eigenvalue weighted by Gasteiger charge is 2.21. The Morgan fingerprint density at radius 2 is 1.88 bits per heavy atom. The van der Waals surface area contributed by atoms with Crippen molar-refractivity contribution in [2.75, 3.05) is 0 Å². The lowest BCUT2D eigenvalue weighted by Gasteiger charge is -2.21. The molecule has 0 aliphatic carbocycles. The lowest BCUT2D eigenvalue weighted by molar-refractivity contribution is 0.288. The van der Waals surface area contributed by atoms with Crippen LogP contribution in [0.1, 0.15) is 26.5 Å². The van der Waals surface area contributed by atoms with Crippen molar-refractivity contribution in [1.29, 1.82) is 0 Å². The van der Waals surface area contributed by atoms with Crippen LogP contribution in [-0.4, -0.2) is 20.2 Å². The molecule has 0 bridgehead atoms. The maximum absolute atomic E-state index is 12.3. The molecule has 9 heteroatoms. The summed E-state index contributed by atoms with van der Waals surface area (Å²) in [5.41, 5.74) is 0.304. The van der Waals surface area contributed by atoms with E-state index in [1.807, 2.05) is 20.8 Å². The molecule has 0 amide bonds. The number of ether oxygens (including phenoxy) is 1. The minimum absolute atomic E-state index is 0.0157. The van der Waals surface area contributed by atoms with Gasteiger partial charge in [0.15, 0.2) is 16.5 Å². The number of hydrogen-bond donors (Lipinski definition) is 0. The van der Waals surface area contributed by atoms with Crippen molar-refractivity contribution in [3.63, 3.8) is 0 Å². The van der Waals surface area contributed by atoms with Crippen molar-refractivity contribution < 1.29 is 9.26 Å². The van der Waals surface area contributed by atoms with Crippen LogP contribution in [0.15, 0.2) is 39.8 Å². The van der Waals surface area contributed by atoms with Crippen molar-refractivity contribution in [2.24, 2.45) is 0 Å². The first kappa shape index (κ1) is 18.4. The summed E-state index contributed by atoms with van der Waals surface area (Å²) in [6.45, 7) is 5.59. The molecular weight excluding hydrogens is 379 g/mol. The zero-order valence-electron chi connectivity index (χ0n) is 14.4. The SMILES string of the molecule is CC(C)(C)n1ncc(OCc2nnoc2-c2ccc(Cl)cc2)c(Cl)c1=O. The Morgan fingerprint density at radius 1 is 1.19 bits per heavy atom. The Labute approximate surface area is 159 Å². The topological polar surface area (TPSA) is 83.0 Å². The number of halogens is 2. The number of benzene rings is 1. The van der Waals surface area contributed by atoms with E-state index in [-0.39, 0.29) is 17.4 Å². The van der Waals surface area contributed by atoms with Crippen molar-refractivity contribution in [2.45, 2.75) is 32.9 Å². The minimum Gasteiger partial charge on any atom is -0.484 e. The van der Waals surface area contributed by atoms with Gasteiger partial charge in [-0.1, -0.05) is 23.2 Å². The van der Waals surface area contributed by atoms with Gasteiger partial charge in [0.1, 0.15) is 12.3 Å². The maximum Gasteiger partial charge on any atom is 0.289 e. The van der Waals surface area contributed by atoms with E-state index in [1.54, 1.807) is 24.3 Å². The number of hydrogen-bond acceptors (Lipinski definition) is 6. The van der Waals surface area contributed by atoms with Crippen molar-refractivity contribution in [3.05, 3.63) is 56.6 Å². The Bertz CT molecular complexity index is 975. The van der Waals surface area contributed by atoms with Gasteiger partial charge >= 0.3 is 0 Å². The standard InChI is InChI=1S/C17H16Cl2N4O3/c1-17(2,3)23-16(24)14(19)13(8-20-23)25-9-12-15(26-22-21-12)10-4-6-11(18)7-5-10/h4-8H,9H2,1-3H3. The van der Waals surface area contributed by atoms with Crippen LogP contribution in [0.3, 0.4) is 0 Å². The molecular formula is C17H16Cl2N4O3. The van der Waals surface area contributed by atoms with E-state index in [1.165, 1.54) is 10.9 Å². The van der Waals surface area contributed by atoms with Gasteiger partial charge in [-0.05, 0) is 45.0 Å². The molecule has 0 unspecified atom stereocenters. The van der Waals surface area contributed by atoms with Gasteiger partial charge in [0, 0.05) is 15.9 Å². The molecule has 3 rings (SSSR count). The fraction of sp³-hybridized carbons (Fsp3) is 0.294. The van der Waals surface area contributed by atoms with Crippen LogP contribution in [0.25, 0.3) is 11.3 Å². The smallest absolute Gasteiger partial charge is 0.289 e. The zero-order valence-corrected chi connectivity index (χ0v) is 15.9. The highest BCUT2D eigenvalue weighted by Crippen LogP contribution is 2.26. The van der Waals surface area contributed by atoms with E-state index < -0.39 is 11.1 Å². The average Bonchev–Trinajstić information content (AvgIpc) is 3.04. The van der Waals surface area contributed by atoms with Gasteiger partial charge in [-0.15, -0.1) is 5.10 Å². The van der Waals surface area contributed by atoms with Gasteiger partial charge in [-0.2, -0.15) is 5.10 Å². The van der Waals surface area contributed by atoms with E-state index in [9.17, 15) is 4.79 Å². The molecule has 0 spiro atoms. The molecule has 0 saturated heterocycles. The van der Waals surface area contributed by atoms with E-state index >= 15 is 0 Å². The average molecular weight is 395 g/mol. The van der Waals surface area contributed by atoms with Crippen molar-refractivity contribution in [3.8, 4) is 17.1 Å². The zero-order chi connectivity index (χ0) is 18.9. The van der Waals surface area contributed by atoms with Gasteiger partial charge in [-0.25, -0.2) is 4.68 Å². The second kappa shape index (κ2) is 7.09. The predicted octanol–water partition coefficient (Wildman–Crippen LogP) is 3.93. The summed E-state index contributed by atoms with van der Waals surface area (Å²) >= 11 is 12.0. The predicted molar refractivity (Wildman–Crippen MR) is 97.6 cm³/mol. The quantitative estimate of drug-likeness (QED) is 0.666. The molecule has 0 radical (unpaired) electrons. The minimum atomic E-state index is -0.489. The van der Waals surface area contributed by atoms with Crippen LogP contribution in [0, 0.1) is 0 Å². The first-order valence-corrected chi connectivity index (χ1v) is 8.51. The van der Waals surface area contributed by atoms with E-state index in [0.29, 0.717) is 16.5 Å². The van der Waals surface area contributed by atoms with Crippen LogP contribution >= 0.6 is 23.2 Å². The Kier molecular flexibility index (Phi) is 5.02. The molecule has 0 saturated carbocycles. The van der Waals surface area contributed by atoms with Gasteiger partial charge in [-0.3, -0.25) is 4.79 Å². The third kappa shape index (κ3) is 3.73. The Balaban J connectivity index is 1.83. The Hall–Kier alpha value is -2.38. The van der Waals surface area contributed by atoms with Gasteiger partial charge in [0.05, 0.1) is 11.7 Å². The molecule has 26 heavy (non-hydrogen) atoms.